The molecule has 1 amide bonds. The third-order valence-corrected chi connectivity index (χ3v) is 4.79. The molecule has 26 heavy (non-hydrogen) atoms. The lowest BCUT2D eigenvalue weighted by Crippen LogP contribution is -2.28. The maximum absolute atomic E-state index is 12.4. The standard InChI is InChI=1S/C19H27N5O2/c1-26-11-3-10-24-14-22-23-18(24)13-21-19(25)16-7-5-15(6-8-16)17-4-2-9-20-12-17/h5-8,14,17,20H,2-4,9-13H2,1H3,(H,21,25). The first-order valence-electron chi connectivity index (χ1n) is 9.22. The number of carbonyl (C=O) groups excluding carboxylic acids is 1. The van der Waals surface area contributed by atoms with Gasteiger partial charge in [-0.15, -0.1) is 10.2 Å². The second kappa shape index (κ2) is 9.45. The van der Waals surface area contributed by atoms with Crippen molar-refractivity contribution < 1.29 is 9.53 Å². The predicted molar refractivity (Wildman–Crippen MR) is 99.0 cm³/mol. The maximum Gasteiger partial charge on any atom is 0.251 e. The zero-order valence-electron chi connectivity index (χ0n) is 15.3. The van der Waals surface area contributed by atoms with Crippen LogP contribution in [0.5, 0.6) is 0 Å². The van der Waals surface area contributed by atoms with Crippen LogP contribution in [0.3, 0.4) is 0 Å². The zero-order valence-corrected chi connectivity index (χ0v) is 15.3. The van der Waals surface area contributed by atoms with Crippen LogP contribution in [0.15, 0.2) is 30.6 Å². The largest absolute Gasteiger partial charge is 0.385 e. The highest BCUT2D eigenvalue weighted by Crippen LogP contribution is 2.23. The summed E-state index contributed by atoms with van der Waals surface area (Å²) in [5.41, 5.74) is 1.97. The van der Waals surface area contributed by atoms with E-state index in [1.165, 1.54) is 18.4 Å². The number of piperidine rings is 1. The monoisotopic (exact) mass is 357 g/mol. The van der Waals surface area contributed by atoms with E-state index in [9.17, 15) is 4.79 Å². The molecule has 2 heterocycles. The molecule has 7 heteroatoms. The third-order valence-electron chi connectivity index (χ3n) is 4.79. The van der Waals surface area contributed by atoms with Crippen LogP contribution >= 0.6 is 0 Å². The molecule has 0 saturated carbocycles. The number of amides is 1. The van der Waals surface area contributed by atoms with Gasteiger partial charge in [0.15, 0.2) is 5.82 Å². The van der Waals surface area contributed by atoms with Crippen LogP contribution in [-0.4, -0.2) is 47.5 Å². The number of hydrogen-bond donors (Lipinski definition) is 2. The fourth-order valence-electron chi connectivity index (χ4n) is 3.29. The Labute approximate surface area is 154 Å². The van der Waals surface area contributed by atoms with Crippen molar-refractivity contribution in [1.82, 2.24) is 25.4 Å². The van der Waals surface area contributed by atoms with Gasteiger partial charge < -0.3 is 19.9 Å². The molecule has 1 fully saturated rings. The highest BCUT2D eigenvalue weighted by molar-refractivity contribution is 5.94. The van der Waals surface area contributed by atoms with Gasteiger partial charge in [-0.25, -0.2) is 0 Å². The first kappa shape index (κ1) is 18.5. The number of benzene rings is 1. The molecule has 1 atom stereocenters. The molecule has 0 bridgehead atoms. The number of aromatic nitrogens is 3. The normalized spacial score (nSPS) is 17.2. The average molecular weight is 357 g/mol. The van der Waals surface area contributed by atoms with Gasteiger partial charge in [-0.1, -0.05) is 12.1 Å². The van der Waals surface area contributed by atoms with Gasteiger partial charge in [0, 0.05) is 32.4 Å². The van der Waals surface area contributed by atoms with Gasteiger partial charge >= 0.3 is 0 Å². The molecular formula is C19H27N5O2. The molecule has 140 valence electrons. The van der Waals surface area contributed by atoms with Crippen molar-refractivity contribution in [3.05, 3.63) is 47.5 Å². The fraction of sp³-hybridized carbons (Fsp3) is 0.526. The molecular weight excluding hydrogens is 330 g/mol. The van der Waals surface area contributed by atoms with Crippen molar-refractivity contribution in [1.29, 1.82) is 0 Å². The molecule has 0 radical (unpaired) electrons. The Hall–Kier alpha value is -2.25. The number of aryl methyl sites for hydroxylation is 1. The minimum atomic E-state index is -0.0928. The number of methoxy groups -OCH3 is 1. The highest BCUT2D eigenvalue weighted by Gasteiger charge is 2.15. The van der Waals surface area contributed by atoms with E-state index in [1.54, 1.807) is 13.4 Å². The summed E-state index contributed by atoms with van der Waals surface area (Å²) in [5.74, 6) is 1.20. The number of nitrogens with zero attached hydrogens (tertiary/aromatic N) is 3. The Morgan fingerprint density at radius 2 is 2.23 bits per heavy atom. The molecule has 1 aliphatic rings. The van der Waals surface area contributed by atoms with Gasteiger partial charge in [0.25, 0.3) is 5.91 Å². The van der Waals surface area contributed by atoms with E-state index in [4.69, 9.17) is 4.74 Å². The van der Waals surface area contributed by atoms with E-state index in [-0.39, 0.29) is 5.91 Å². The molecule has 2 N–H and O–H groups in total. The number of ether oxygens (including phenoxy) is 1. The summed E-state index contributed by atoms with van der Waals surface area (Å²) in [5, 5.41) is 14.4. The second-order valence-corrected chi connectivity index (χ2v) is 6.63. The number of carbonyl (C=O) groups is 1. The van der Waals surface area contributed by atoms with Gasteiger partial charge in [0.1, 0.15) is 6.33 Å². The highest BCUT2D eigenvalue weighted by atomic mass is 16.5. The minimum Gasteiger partial charge on any atom is -0.385 e. The van der Waals surface area contributed by atoms with Crippen LogP contribution in [0.1, 0.15) is 46.9 Å². The summed E-state index contributed by atoms with van der Waals surface area (Å²) < 4.78 is 7.00. The third kappa shape index (κ3) is 4.89. The second-order valence-electron chi connectivity index (χ2n) is 6.63. The zero-order chi connectivity index (χ0) is 18.2. The summed E-state index contributed by atoms with van der Waals surface area (Å²) in [6, 6.07) is 7.95. The van der Waals surface area contributed by atoms with Gasteiger partial charge in [-0.05, 0) is 49.4 Å². The predicted octanol–water partition coefficient (Wildman–Crippen LogP) is 1.71. The van der Waals surface area contributed by atoms with Crippen LogP contribution in [0.25, 0.3) is 0 Å². The summed E-state index contributed by atoms with van der Waals surface area (Å²) in [4.78, 5) is 12.4. The molecule has 7 nitrogen and oxygen atoms in total. The number of rotatable bonds is 8. The molecule has 0 spiro atoms. The van der Waals surface area contributed by atoms with Crippen LogP contribution in [0.2, 0.25) is 0 Å². The molecule has 2 aromatic rings. The van der Waals surface area contributed by atoms with Gasteiger partial charge in [0.2, 0.25) is 0 Å². The first-order valence-corrected chi connectivity index (χ1v) is 9.22. The smallest absolute Gasteiger partial charge is 0.251 e. The van der Waals surface area contributed by atoms with Crippen LogP contribution in [0, 0.1) is 0 Å². The van der Waals surface area contributed by atoms with Crippen LogP contribution in [-0.2, 0) is 17.8 Å². The van der Waals surface area contributed by atoms with Crippen LogP contribution in [0.4, 0.5) is 0 Å². The summed E-state index contributed by atoms with van der Waals surface area (Å²) in [7, 11) is 1.68. The van der Waals surface area contributed by atoms with E-state index >= 15 is 0 Å². The van der Waals surface area contributed by atoms with Gasteiger partial charge in [0.05, 0.1) is 6.54 Å². The lowest BCUT2D eigenvalue weighted by atomic mass is 9.91. The summed E-state index contributed by atoms with van der Waals surface area (Å²) >= 11 is 0. The maximum atomic E-state index is 12.4. The Morgan fingerprint density at radius 3 is 2.96 bits per heavy atom. The quantitative estimate of drug-likeness (QED) is 0.703. The molecule has 1 saturated heterocycles. The summed E-state index contributed by atoms with van der Waals surface area (Å²) in [6.07, 6.45) is 4.98. The van der Waals surface area contributed by atoms with E-state index < -0.39 is 0 Å². The van der Waals surface area contributed by atoms with E-state index in [2.05, 4.69) is 33.0 Å². The molecule has 1 aliphatic heterocycles. The molecule has 1 unspecified atom stereocenters. The Morgan fingerprint density at radius 1 is 1.38 bits per heavy atom. The van der Waals surface area contributed by atoms with Gasteiger partial charge in [-0.2, -0.15) is 0 Å². The van der Waals surface area contributed by atoms with Crippen molar-refractivity contribution >= 4 is 5.91 Å². The number of hydrogen-bond acceptors (Lipinski definition) is 5. The molecule has 1 aromatic carbocycles. The van der Waals surface area contributed by atoms with Crippen molar-refractivity contribution in [3.8, 4) is 0 Å². The Bertz CT molecular complexity index is 692. The Balaban J connectivity index is 1.53. The van der Waals surface area contributed by atoms with Crippen molar-refractivity contribution in [3.63, 3.8) is 0 Å². The fourth-order valence-corrected chi connectivity index (χ4v) is 3.29. The first-order chi connectivity index (χ1) is 12.8. The lowest BCUT2D eigenvalue weighted by Gasteiger charge is -2.23. The SMILES string of the molecule is COCCCn1cnnc1CNC(=O)c1ccc(C2CCCNC2)cc1. The van der Waals surface area contributed by atoms with Crippen molar-refractivity contribution in [2.45, 2.75) is 38.3 Å². The molecule has 0 aliphatic carbocycles. The van der Waals surface area contributed by atoms with Crippen molar-refractivity contribution in [2.24, 2.45) is 0 Å². The Kier molecular flexibility index (Phi) is 6.74. The van der Waals surface area contributed by atoms with Gasteiger partial charge in [-0.3, -0.25) is 4.79 Å². The lowest BCUT2D eigenvalue weighted by molar-refractivity contribution is 0.0949. The van der Waals surface area contributed by atoms with Crippen LogP contribution < -0.4 is 10.6 Å². The molecule has 1 aromatic heterocycles. The number of nitrogens with one attached hydrogen (secondary N) is 2. The van der Waals surface area contributed by atoms with E-state index in [1.807, 2.05) is 16.7 Å². The average Bonchev–Trinajstić information content (AvgIpc) is 3.14. The van der Waals surface area contributed by atoms with E-state index in [0.717, 1.165) is 31.9 Å². The molecule has 3 rings (SSSR count). The topological polar surface area (TPSA) is 81.1 Å². The van der Waals surface area contributed by atoms with E-state index in [0.29, 0.717) is 24.6 Å². The summed E-state index contributed by atoms with van der Waals surface area (Å²) in [6.45, 7) is 3.94. The minimum absolute atomic E-state index is 0.0928. The van der Waals surface area contributed by atoms with Crippen molar-refractivity contribution in [2.75, 3.05) is 26.8 Å².